The molecule has 0 atom stereocenters. The van der Waals surface area contributed by atoms with Gasteiger partial charge in [0.15, 0.2) is 0 Å². The number of benzene rings is 1. The summed E-state index contributed by atoms with van der Waals surface area (Å²) in [6, 6.07) is 8.88. The van der Waals surface area contributed by atoms with Gasteiger partial charge in [-0.05, 0) is 41.3 Å². The largest absolute Gasteiger partial charge is 0.367 e. The van der Waals surface area contributed by atoms with Crippen LogP contribution in [0.4, 0.5) is 0 Å². The summed E-state index contributed by atoms with van der Waals surface area (Å²) < 4.78 is 0. The minimum atomic E-state index is 1.02. The summed E-state index contributed by atoms with van der Waals surface area (Å²) in [4.78, 5) is 3.10. The molecule has 1 aromatic heterocycles. The lowest BCUT2D eigenvalue weighted by Crippen LogP contribution is -2.23. The summed E-state index contributed by atoms with van der Waals surface area (Å²) in [7, 11) is 0. The van der Waals surface area contributed by atoms with Crippen molar-refractivity contribution in [2.45, 2.75) is 13.0 Å². The molecule has 2 heteroatoms. The van der Waals surface area contributed by atoms with Crippen molar-refractivity contribution in [1.29, 1.82) is 0 Å². The molecule has 1 aliphatic rings. The number of hydrogen-bond acceptors (Lipinski definition) is 1. The minimum Gasteiger partial charge on any atom is -0.367 e. The molecule has 0 fully saturated rings. The molecule has 2 N–H and O–H groups in total. The summed E-state index contributed by atoms with van der Waals surface area (Å²) in [5.74, 6) is 0. The van der Waals surface area contributed by atoms with Crippen molar-refractivity contribution >= 4 is 0 Å². The van der Waals surface area contributed by atoms with Crippen LogP contribution in [-0.2, 0) is 13.0 Å². The average molecular weight is 198 g/mol. The smallest absolute Gasteiger partial charge is 0.0208 e. The molecule has 1 aliphatic heterocycles. The highest BCUT2D eigenvalue weighted by atomic mass is 14.9. The van der Waals surface area contributed by atoms with E-state index in [9.17, 15) is 0 Å². The Morgan fingerprint density at radius 1 is 1.00 bits per heavy atom. The van der Waals surface area contributed by atoms with Crippen LogP contribution in [0.1, 0.15) is 11.1 Å². The predicted molar refractivity (Wildman–Crippen MR) is 61.6 cm³/mol. The monoisotopic (exact) mass is 198 g/mol. The number of rotatable bonds is 1. The fourth-order valence-electron chi connectivity index (χ4n) is 2.16. The van der Waals surface area contributed by atoms with E-state index in [0.717, 1.165) is 19.5 Å². The first-order valence-electron chi connectivity index (χ1n) is 5.39. The highest BCUT2D eigenvalue weighted by molar-refractivity contribution is 5.64. The Kier molecular flexibility index (Phi) is 2.07. The second-order valence-electron chi connectivity index (χ2n) is 4.01. The first kappa shape index (κ1) is 8.74. The maximum absolute atomic E-state index is 3.39. The van der Waals surface area contributed by atoms with Crippen LogP contribution in [0.15, 0.2) is 36.7 Å². The number of aromatic amines is 1. The van der Waals surface area contributed by atoms with E-state index in [1.807, 2.05) is 12.4 Å². The molecule has 0 unspecified atom stereocenters. The molecule has 0 amide bonds. The van der Waals surface area contributed by atoms with Gasteiger partial charge >= 0.3 is 0 Å². The van der Waals surface area contributed by atoms with Crippen LogP contribution >= 0.6 is 0 Å². The van der Waals surface area contributed by atoms with Gasteiger partial charge in [-0.3, -0.25) is 0 Å². The SMILES string of the molecule is c1cc(-c2ccc3c(c2)CCNC3)c[nH]1. The van der Waals surface area contributed by atoms with Crippen molar-refractivity contribution in [3.05, 3.63) is 47.8 Å². The summed E-state index contributed by atoms with van der Waals surface area (Å²) in [5, 5.41) is 3.39. The Hall–Kier alpha value is -1.54. The second kappa shape index (κ2) is 3.55. The zero-order valence-corrected chi connectivity index (χ0v) is 8.59. The van der Waals surface area contributed by atoms with Crippen LogP contribution in [0, 0.1) is 0 Å². The zero-order chi connectivity index (χ0) is 10.1. The molecule has 0 saturated heterocycles. The normalized spacial score (nSPS) is 14.9. The molecule has 76 valence electrons. The van der Waals surface area contributed by atoms with Gasteiger partial charge in [-0.25, -0.2) is 0 Å². The fraction of sp³-hybridized carbons (Fsp3) is 0.231. The van der Waals surface area contributed by atoms with Gasteiger partial charge < -0.3 is 10.3 Å². The van der Waals surface area contributed by atoms with Crippen LogP contribution < -0.4 is 5.32 Å². The molecule has 2 nitrogen and oxygen atoms in total. The summed E-state index contributed by atoms with van der Waals surface area (Å²) in [6.07, 6.45) is 5.16. The maximum Gasteiger partial charge on any atom is 0.0208 e. The van der Waals surface area contributed by atoms with Crippen molar-refractivity contribution in [3.63, 3.8) is 0 Å². The van der Waals surface area contributed by atoms with Gasteiger partial charge in [-0.2, -0.15) is 0 Å². The van der Waals surface area contributed by atoms with E-state index in [2.05, 4.69) is 34.6 Å². The Morgan fingerprint density at radius 2 is 2.00 bits per heavy atom. The lowest BCUT2D eigenvalue weighted by molar-refractivity contribution is 0.644. The van der Waals surface area contributed by atoms with Crippen LogP contribution in [0.2, 0.25) is 0 Å². The maximum atomic E-state index is 3.39. The first-order valence-corrected chi connectivity index (χ1v) is 5.39. The average Bonchev–Trinajstić information content (AvgIpc) is 2.82. The lowest BCUT2D eigenvalue weighted by Gasteiger charge is -2.17. The topological polar surface area (TPSA) is 27.8 Å². The number of fused-ring (bicyclic) bond motifs is 1. The van der Waals surface area contributed by atoms with Crippen molar-refractivity contribution in [3.8, 4) is 11.1 Å². The number of hydrogen-bond donors (Lipinski definition) is 2. The van der Waals surface area contributed by atoms with E-state index < -0.39 is 0 Å². The quantitative estimate of drug-likeness (QED) is 0.723. The molecule has 0 spiro atoms. The van der Waals surface area contributed by atoms with Crippen LogP contribution in [0.5, 0.6) is 0 Å². The predicted octanol–water partition coefficient (Wildman–Crippen LogP) is 2.33. The third-order valence-electron chi connectivity index (χ3n) is 3.02. The van der Waals surface area contributed by atoms with E-state index in [1.54, 1.807) is 0 Å². The third-order valence-corrected chi connectivity index (χ3v) is 3.02. The van der Waals surface area contributed by atoms with Gasteiger partial charge in [-0.15, -0.1) is 0 Å². The van der Waals surface area contributed by atoms with E-state index in [0.29, 0.717) is 0 Å². The fourth-order valence-corrected chi connectivity index (χ4v) is 2.16. The van der Waals surface area contributed by atoms with Crippen molar-refractivity contribution in [2.75, 3.05) is 6.54 Å². The highest BCUT2D eigenvalue weighted by Crippen LogP contribution is 2.23. The van der Waals surface area contributed by atoms with Crippen molar-refractivity contribution in [2.24, 2.45) is 0 Å². The second-order valence-corrected chi connectivity index (χ2v) is 4.01. The Morgan fingerprint density at radius 3 is 2.87 bits per heavy atom. The van der Waals surface area contributed by atoms with Gasteiger partial charge in [0.05, 0.1) is 0 Å². The molecule has 0 radical (unpaired) electrons. The van der Waals surface area contributed by atoms with Gasteiger partial charge in [0.2, 0.25) is 0 Å². The number of aromatic nitrogens is 1. The Balaban J connectivity index is 2.04. The first-order chi connectivity index (χ1) is 7.43. The molecule has 2 heterocycles. The zero-order valence-electron chi connectivity index (χ0n) is 8.59. The molecule has 0 saturated carbocycles. The molecular weight excluding hydrogens is 184 g/mol. The molecule has 0 bridgehead atoms. The summed E-state index contributed by atoms with van der Waals surface area (Å²) in [5.41, 5.74) is 5.53. The summed E-state index contributed by atoms with van der Waals surface area (Å²) >= 11 is 0. The molecule has 0 aliphatic carbocycles. The number of H-pyrrole nitrogens is 1. The molecule has 2 aromatic rings. The molecule has 3 rings (SSSR count). The minimum absolute atomic E-state index is 1.02. The molecule has 15 heavy (non-hydrogen) atoms. The van der Waals surface area contributed by atoms with Crippen LogP contribution in [-0.4, -0.2) is 11.5 Å². The lowest BCUT2D eigenvalue weighted by atomic mass is 9.96. The third kappa shape index (κ3) is 1.57. The van der Waals surface area contributed by atoms with E-state index in [-0.39, 0.29) is 0 Å². The van der Waals surface area contributed by atoms with Crippen molar-refractivity contribution in [1.82, 2.24) is 10.3 Å². The highest BCUT2D eigenvalue weighted by Gasteiger charge is 2.09. The van der Waals surface area contributed by atoms with E-state index in [4.69, 9.17) is 0 Å². The molecule has 1 aromatic carbocycles. The van der Waals surface area contributed by atoms with Crippen LogP contribution in [0.3, 0.4) is 0 Å². The summed E-state index contributed by atoms with van der Waals surface area (Å²) in [6.45, 7) is 2.12. The van der Waals surface area contributed by atoms with E-state index in [1.165, 1.54) is 22.3 Å². The van der Waals surface area contributed by atoms with Gasteiger partial charge in [-0.1, -0.05) is 18.2 Å². The molecular formula is C13H14N2. The number of nitrogens with one attached hydrogen (secondary N) is 2. The standard InChI is InChI=1S/C13H14N2/c1-2-12-8-14-5-3-11(12)7-10(1)13-4-6-15-9-13/h1-2,4,6-7,9,14-15H,3,5,8H2. The van der Waals surface area contributed by atoms with Gasteiger partial charge in [0.25, 0.3) is 0 Å². The van der Waals surface area contributed by atoms with Crippen molar-refractivity contribution < 1.29 is 0 Å². The van der Waals surface area contributed by atoms with E-state index >= 15 is 0 Å². The Labute approximate surface area is 89.3 Å². The van der Waals surface area contributed by atoms with Gasteiger partial charge in [0.1, 0.15) is 0 Å². The van der Waals surface area contributed by atoms with Gasteiger partial charge in [0, 0.05) is 18.9 Å². The van der Waals surface area contributed by atoms with Crippen LogP contribution in [0.25, 0.3) is 11.1 Å². The Bertz CT molecular complexity index is 457.